The van der Waals surface area contributed by atoms with Gasteiger partial charge in [-0.3, -0.25) is 0 Å². The van der Waals surface area contributed by atoms with Gasteiger partial charge in [-0.15, -0.1) is 11.3 Å². The maximum Gasteiger partial charge on any atom is 0.338 e. The molecule has 2 aromatic heterocycles. The van der Waals surface area contributed by atoms with Crippen LogP contribution in [-0.2, 0) is 17.8 Å². The quantitative estimate of drug-likeness (QED) is 0.498. The lowest BCUT2D eigenvalue weighted by molar-refractivity contribution is 0.0462. The zero-order valence-corrected chi connectivity index (χ0v) is 14.2. The minimum atomic E-state index is -0.400. The first-order valence-electron chi connectivity index (χ1n) is 7.34. The number of carbonyl (C=O) groups is 1. The van der Waals surface area contributed by atoms with Crippen molar-refractivity contribution in [3.63, 3.8) is 0 Å². The summed E-state index contributed by atoms with van der Waals surface area (Å²) in [5.74, 6) is 0.0138. The van der Waals surface area contributed by atoms with Crippen molar-refractivity contribution in [1.82, 2.24) is 9.97 Å². The second-order valence-corrected chi connectivity index (χ2v) is 6.53. The van der Waals surface area contributed by atoms with E-state index < -0.39 is 5.97 Å². The maximum atomic E-state index is 11.9. The number of esters is 1. The molecule has 1 aromatic carbocycles. The number of rotatable bonds is 5. The molecule has 0 amide bonds. The van der Waals surface area contributed by atoms with Crippen LogP contribution in [0.4, 0.5) is 0 Å². The van der Waals surface area contributed by atoms with Gasteiger partial charge in [-0.25, -0.2) is 14.8 Å². The van der Waals surface area contributed by atoms with Gasteiger partial charge in [0.05, 0.1) is 5.56 Å². The van der Waals surface area contributed by atoms with E-state index in [0.29, 0.717) is 16.5 Å². The summed E-state index contributed by atoms with van der Waals surface area (Å²) >= 11 is 7.83. The van der Waals surface area contributed by atoms with E-state index in [9.17, 15) is 4.79 Å². The number of aromatic nitrogens is 2. The third-order valence-corrected chi connectivity index (χ3v) is 4.66. The number of carbonyl (C=O) groups excluding carboxylic acids is 1. The van der Waals surface area contributed by atoms with Crippen LogP contribution in [0, 0.1) is 0 Å². The summed E-state index contributed by atoms with van der Waals surface area (Å²) in [6.45, 7) is 2.14. The molecule has 0 spiro atoms. The molecule has 0 aliphatic carbocycles. The molecule has 0 aliphatic heterocycles. The molecule has 0 radical (unpaired) electrons. The van der Waals surface area contributed by atoms with Gasteiger partial charge >= 0.3 is 5.97 Å². The predicted molar refractivity (Wildman–Crippen MR) is 92.0 cm³/mol. The monoisotopic (exact) mass is 346 g/mol. The molecule has 4 nitrogen and oxygen atoms in total. The van der Waals surface area contributed by atoms with Gasteiger partial charge in [0, 0.05) is 10.3 Å². The van der Waals surface area contributed by atoms with E-state index in [0.717, 1.165) is 23.1 Å². The Morgan fingerprint density at radius 3 is 2.78 bits per heavy atom. The molecule has 118 valence electrons. The van der Waals surface area contributed by atoms with Crippen LogP contribution in [0.1, 0.15) is 34.4 Å². The van der Waals surface area contributed by atoms with Crippen molar-refractivity contribution in [3.8, 4) is 0 Å². The summed E-state index contributed by atoms with van der Waals surface area (Å²) in [4.78, 5) is 22.7. The standard InChI is InChI=1S/C17H15ClN2O2S/c1-2-6-12-9-13-15(18)19-14(20-16(13)23-12)10-22-17(21)11-7-4-3-5-8-11/h3-5,7-9H,2,6,10H2,1H3. The van der Waals surface area contributed by atoms with Crippen LogP contribution < -0.4 is 0 Å². The SMILES string of the molecule is CCCc1cc2c(Cl)nc(COC(=O)c3ccccc3)nc2s1. The molecule has 6 heteroatoms. The van der Waals surface area contributed by atoms with Crippen molar-refractivity contribution in [2.45, 2.75) is 26.4 Å². The molecule has 0 bridgehead atoms. The van der Waals surface area contributed by atoms with E-state index in [1.807, 2.05) is 12.1 Å². The molecule has 0 atom stereocenters. The number of hydrogen-bond acceptors (Lipinski definition) is 5. The van der Waals surface area contributed by atoms with Gasteiger partial charge in [-0.2, -0.15) is 0 Å². The Balaban J connectivity index is 1.76. The van der Waals surface area contributed by atoms with Crippen LogP contribution in [0.25, 0.3) is 10.2 Å². The first-order chi connectivity index (χ1) is 11.2. The molecule has 2 heterocycles. The van der Waals surface area contributed by atoms with Crippen LogP contribution in [0.3, 0.4) is 0 Å². The molecule has 0 saturated heterocycles. The average molecular weight is 347 g/mol. The van der Waals surface area contributed by atoms with Crippen molar-refractivity contribution in [1.29, 1.82) is 0 Å². The molecule has 0 unspecified atom stereocenters. The number of benzene rings is 1. The highest BCUT2D eigenvalue weighted by molar-refractivity contribution is 7.18. The summed E-state index contributed by atoms with van der Waals surface area (Å²) in [5, 5.41) is 1.26. The van der Waals surface area contributed by atoms with E-state index in [1.165, 1.54) is 4.88 Å². The van der Waals surface area contributed by atoms with E-state index in [-0.39, 0.29) is 6.61 Å². The minimum Gasteiger partial charge on any atom is -0.454 e. The maximum absolute atomic E-state index is 11.9. The first kappa shape index (κ1) is 15.9. The molecule has 0 saturated carbocycles. The zero-order valence-electron chi connectivity index (χ0n) is 12.6. The third-order valence-electron chi connectivity index (χ3n) is 3.28. The fraction of sp³-hybridized carbons (Fsp3) is 0.235. The summed E-state index contributed by atoms with van der Waals surface area (Å²) in [7, 11) is 0. The van der Waals surface area contributed by atoms with Gasteiger partial charge < -0.3 is 4.74 Å². The first-order valence-corrected chi connectivity index (χ1v) is 8.54. The summed E-state index contributed by atoms with van der Waals surface area (Å²) in [6.07, 6.45) is 2.06. The van der Waals surface area contributed by atoms with Crippen molar-refractivity contribution in [2.75, 3.05) is 0 Å². The third kappa shape index (κ3) is 3.68. The van der Waals surface area contributed by atoms with E-state index in [1.54, 1.807) is 35.6 Å². The van der Waals surface area contributed by atoms with E-state index in [2.05, 4.69) is 16.9 Å². The number of ether oxygens (including phenoxy) is 1. The molecule has 3 rings (SSSR count). The summed E-state index contributed by atoms with van der Waals surface area (Å²) in [5.41, 5.74) is 0.501. The van der Waals surface area contributed by atoms with Crippen molar-refractivity contribution in [3.05, 3.63) is 57.8 Å². The van der Waals surface area contributed by atoms with Crippen LogP contribution in [0.2, 0.25) is 5.15 Å². The fourth-order valence-electron chi connectivity index (χ4n) is 2.20. The normalized spacial score (nSPS) is 10.9. The minimum absolute atomic E-state index is 0.00436. The number of fused-ring (bicyclic) bond motifs is 1. The number of nitrogens with zero attached hydrogens (tertiary/aromatic N) is 2. The van der Waals surface area contributed by atoms with Gasteiger partial charge in [-0.05, 0) is 24.6 Å². The number of hydrogen-bond donors (Lipinski definition) is 0. The number of thiophene rings is 1. The van der Waals surface area contributed by atoms with E-state index >= 15 is 0 Å². The highest BCUT2D eigenvalue weighted by Crippen LogP contribution is 2.29. The highest BCUT2D eigenvalue weighted by Gasteiger charge is 2.12. The van der Waals surface area contributed by atoms with Crippen molar-refractivity contribution in [2.24, 2.45) is 0 Å². The number of aryl methyl sites for hydroxylation is 1. The van der Waals surface area contributed by atoms with Crippen molar-refractivity contribution >= 4 is 39.1 Å². The molecular weight excluding hydrogens is 332 g/mol. The number of halogens is 1. The van der Waals surface area contributed by atoms with Crippen LogP contribution in [-0.4, -0.2) is 15.9 Å². The van der Waals surface area contributed by atoms with Gasteiger partial charge in [0.2, 0.25) is 0 Å². The Hall–Kier alpha value is -1.98. The fourth-order valence-corrected chi connectivity index (χ4v) is 3.65. The topological polar surface area (TPSA) is 52.1 Å². The highest BCUT2D eigenvalue weighted by atomic mass is 35.5. The Bertz CT molecular complexity index is 833. The Morgan fingerprint density at radius 2 is 2.04 bits per heavy atom. The zero-order chi connectivity index (χ0) is 16.2. The van der Waals surface area contributed by atoms with Gasteiger partial charge in [0.1, 0.15) is 9.98 Å². The molecule has 0 N–H and O–H groups in total. The Morgan fingerprint density at radius 1 is 1.26 bits per heavy atom. The predicted octanol–water partition coefficient (Wildman–Crippen LogP) is 4.65. The second-order valence-electron chi connectivity index (χ2n) is 5.05. The lowest BCUT2D eigenvalue weighted by Crippen LogP contribution is -2.07. The second kappa shape index (κ2) is 7.06. The van der Waals surface area contributed by atoms with Gasteiger partial charge in [-0.1, -0.05) is 43.1 Å². The van der Waals surface area contributed by atoms with Crippen LogP contribution >= 0.6 is 22.9 Å². The van der Waals surface area contributed by atoms with Crippen molar-refractivity contribution < 1.29 is 9.53 Å². The molecule has 0 aliphatic rings. The molecule has 3 aromatic rings. The average Bonchev–Trinajstić information content (AvgIpc) is 2.97. The Kier molecular flexibility index (Phi) is 4.88. The Labute approximate surface area is 143 Å². The van der Waals surface area contributed by atoms with Gasteiger partial charge in [0.15, 0.2) is 12.4 Å². The molecule has 23 heavy (non-hydrogen) atoms. The lowest BCUT2D eigenvalue weighted by Gasteiger charge is -2.04. The molecule has 0 fully saturated rings. The summed E-state index contributed by atoms with van der Waals surface area (Å²) < 4.78 is 5.25. The summed E-state index contributed by atoms with van der Waals surface area (Å²) in [6, 6.07) is 10.9. The van der Waals surface area contributed by atoms with Gasteiger partial charge in [0.25, 0.3) is 0 Å². The van der Waals surface area contributed by atoms with E-state index in [4.69, 9.17) is 16.3 Å². The van der Waals surface area contributed by atoms with Crippen LogP contribution in [0.5, 0.6) is 0 Å². The smallest absolute Gasteiger partial charge is 0.338 e. The lowest BCUT2D eigenvalue weighted by atomic mass is 10.2. The molecular formula is C17H15ClN2O2S. The largest absolute Gasteiger partial charge is 0.454 e. The van der Waals surface area contributed by atoms with Crippen LogP contribution in [0.15, 0.2) is 36.4 Å².